The molecule has 3 nitrogen and oxygen atoms in total. The molecule has 0 fully saturated rings. The molecule has 1 aliphatic rings. The molecule has 1 N–H and O–H groups in total. The topological polar surface area (TPSA) is 41.8 Å². The summed E-state index contributed by atoms with van der Waals surface area (Å²) in [6.07, 6.45) is 1.44. The molecule has 0 saturated carbocycles. The van der Waals surface area contributed by atoms with E-state index in [9.17, 15) is 4.39 Å². The van der Waals surface area contributed by atoms with E-state index in [4.69, 9.17) is 21.5 Å². The van der Waals surface area contributed by atoms with Crippen molar-refractivity contribution in [2.75, 3.05) is 0 Å². The van der Waals surface area contributed by atoms with Crippen molar-refractivity contribution < 1.29 is 14.3 Å². The average molecular weight is 306 g/mol. The van der Waals surface area contributed by atoms with Gasteiger partial charge in [0.25, 0.3) is 0 Å². The zero-order valence-electron chi connectivity index (χ0n) is 11.1. The van der Waals surface area contributed by atoms with Crippen molar-refractivity contribution >= 4 is 17.3 Å². The van der Waals surface area contributed by atoms with Crippen LogP contribution in [0.25, 0.3) is 0 Å². The average Bonchev–Trinajstić information content (AvgIpc) is 2.90. The third-order valence-electron chi connectivity index (χ3n) is 3.57. The maximum absolute atomic E-state index is 13.7. The first kappa shape index (κ1) is 13.9. The van der Waals surface area contributed by atoms with Crippen LogP contribution < -0.4 is 4.74 Å². The predicted octanol–water partition coefficient (Wildman–Crippen LogP) is 4.18. The number of rotatable bonds is 3. The zero-order valence-corrected chi connectivity index (χ0v) is 11.9. The standard InChI is InChI=1S/C16H13ClFNO2/c17-11-5-4-10(14(18)8-11)9-21-16-3-1-2-12-13(16)6-7-15(12)19-20/h1-5,8,20H,6-7,9H2/b19-15-. The van der Waals surface area contributed by atoms with Crippen molar-refractivity contribution in [1.29, 1.82) is 0 Å². The minimum absolute atomic E-state index is 0.130. The number of nitrogens with zero attached hydrogens (tertiary/aromatic N) is 1. The Morgan fingerprint density at radius 2 is 2.10 bits per heavy atom. The van der Waals surface area contributed by atoms with Crippen molar-refractivity contribution in [2.24, 2.45) is 5.16 Å². The molecule has 0 spiro atoms. The van der Waals surface area contributed by atoms with Crippen molar-refractivity contribution in [3.8, 4) is 5.75 Å². The van der Waals surface area contributed by atoms with Crippen LogP contribution in [0.1, 0.15) is 23.1 Å². The first-order valence-corrected chi connectivity index (χ1v) is 6.97. The van der Waals surface area contributed by atoms with Gasteiger partial charge >= 0.3 is 0 Å². The Labute approximate surface area is 126 Å². The normalized spacial score (nSPS) is 15.2. The highest BCUT2D eigenvalue weighted by Gasteiger charge is 2.21. The van der Waals surface area contributed by atoms with Crippen LogP contribution in [0.3, 0.4) is 0 Å². The third kappa shape index (κ3) is 2.72. The molecule has 0 saturated heterocycles. The summed E-state index contributed by atoms with van der Waals surface area (Å²) < 4.78 is 19.5. The maximum Gasteiger partial charge on any atom is 0.131 e. The fourth-order valence-corrected chi connectivity index (χ4v) is 2.66. The molecule has 0 heterocycles. The minimum Gasteiger partial charge on any atom is -0.488 e. The van der Waals surface area contributed by atoms with Gasteiger partial charge in [-0.3, -0.25) is 0 Å². The Morgan fingerprint density at radius 3 is 2.86 bits per heavy atom. The fourth-order valence-electron chi connectivity index (χ4n) is 2.51. The van der Waals surface area contributed by atoms with E-state index in [0.717, 1.165) is 17.5 Å². The van der Waals surface area contributed by atoms with Gasteiger partial charge in [0.1, 0.15) is 18.2 Å². The van der Waals surface area contributed by atoms with Crippen molar-refractivity contribution in [3.05, 3.63) is 63.9 Å². The molecule has 0 aromatic heterocycles. The van der Waals surface area contributed by atoms with Gasteiger partial charge in [0.2, 0.25) is 0 Å². The van der Waals surface area contributed by atoms with Crippen LogP contribution in [-0.4, -0.2) is 10.9 Å². The van der Waals surface area contributed by atoms with Crippen LogP contribution in [0.15, 0.2) is 41.6 Å². The van der Waals surface area contributed by atoms with Gasteiger partial charge in [-0.1, -0.05) is 35.0 Å². The van der Waals surface area contributed by atoms with Gasteiger partial charge in [-0.15, -0.1) is 0 Å². The van der Waals surface area contributed by atoms with Crippen LogP contribution >= 0.6 is 11.6 Å². The molecule has 0 atom stereocenters. The number of hydrogen-bond donors (Lipinski definition) is 1. The Hall–Kier alpha value is -2.07. The lowest BCUT2D eigenvalue weighted by atomic mass is 10.1. The number of ether oxygens (including phenoxy) is 1. The van der Waals surface area contributed by atoms with Gasteiger partial charge in [-0.2, -0.15) is 0 Å². The van der Waals surface area contributed by atoms with Crippen LogP contribution in [0.5, 0.6) is 5.75 Å². The fraction of sp³-hybridized carbons (Fsp3) is 0.188. The molecule has 0 radical (unpaired) electrons. The Bertz CT molecular complexity index is 715. The molecule has 0 unspecified atom stereocenters. The molecule has 2 aromatic rings. The van der Waals surface area contributed by atoms with Gasteiger partial charge in [0, 0.05) is 21.7 Å². The first-order valence-electron chi connectivity index (χ1n) is 6.59. The second-order valence-electron chi connectivity index (χ2n) is 4.85. The van der Waals surface area contributed by atoms with E-state index in [0.29, 0.717) is 28.5 Å². The van der Waals surface area contributed by atoms with E-state index in [1.54, 1.807) is 12.1 Å². The number of fused-ring (bicyclic) bond motifs is 1. The van der Waals surface area contributed by atoms with Gasteiger partial charge in [-0.05, 0) is 31.0 Å². The lowest BCUT2D eigenvalue weighted by Crippen LogP contribution is -2.01. The molecule has 0 bridgehead atoms. The Kier molecular flexibility index (Phi) is 3.80. The quantitative estimate of drug-likeness (QED) is 0.682. The minimum atomic E-state index is -0.382. The van der Waals surface area contributed by atoms with Crippen LogP contribution in [0, 0.1) is 5.82 Å². The van der Waals surface area contributed by atoms with Crippen LogP contribution in [0.2, 0.25) is 5.02 Å². The summed E-state index contributed by atoms with van der Waals surface area (Å²) in [5, 5.41) is 12.6. The van der Waals surface area contributed by atoms with E-state index >= 15 is 0 Å². The summed E-state index contributed by atoms with van der Waals surface area (Å²) in [5.74, 6) is 0.313. The molecular formula is C16H13ClFNO2. The lowest BCUT2D eigenvalue weighted by Gasteiger charge is -2.11. The third-order valence-corrected chi connectivity index (χ3v) is 3.81. The van der Waals surface area contributed by atoms with Gasteiger partial charge in [0.05, 0.1) is 5.71 Å². The summed E-state index contributed by atoms with van der Waals surface area (Å²) in [5.41, 5.74) is 3.01. The Morgan fingerprint density at radius 1 is 1.24 bits per heavy atom. The molecule has 108 valence electrons. The maximum atomic E-state index is 13.7. The molecule has 0 aliphatic heterocycles. The summed E-state index contributed by atoms with van der Waals surface area (Å²) in [6.45, 7) is 0.130. The molecule has 2 aromatic carbocycles. The Balaban J connectivity index is 1.82. The van der Waals surface area contributed by atoms with Crippen LogP contribution in [-0.2, 0) is 13.0 Å². The molecule has 1 aliphatic carbocycles. The second kappa shape index (κ2) is 5.74. The molecule has 21 heavy (non-hydrogen) atoms. The summed E-state index contributed by atoms with van der Waals surface area (Å²) >= 11 is 5.73. The second-order valence-corrected chi connectivity index (χ2v) is 5.29. The first-order chi connectivity index (χ1) is 10.2. The van der Waals surface area contributed by atoms with E-state index in [2.05, 4.69) is 5.16 Å². The van der Waals surface area contributed by atoms with Crippen molar-refractivity contribution in [2.45, 2.75) is 19.4 Å². The van der Waals surface area contributed by atoms with E-state index in [1.807, 2.05) is 18.2 Å². The predicted molar refractivity (Wildman–Crippen MR) is 78.8 cm³/mol. The number of hydrogen-bond acceptors (Lipinski definition) is 3. The van der Waals surface area contributed by atoms with Gasteiger partial charge in [-0.25, -0.2) is 4.39 Å². The monoisotopic (exact) mass is 305 g/mol. The van der Waals surface area contributed by atoms with Crippen LogP contribution in [0.4, 0.5) is 4.39 Å². The molecule has 0 amide bonds. The number of benzene rings is 2. The SMILES string of the molecule is O/N=C1/CCc2c(OCc3ccc(Cl)cc3F)cccc21. The highest BCUT2D eigenvalue weighted by atomic mass is 35.5. The summed E-state index contributed by atoms with van der Waals surface area (Å²) in [7, 11) is 0. The zero-order chi connectivity index (χ0) is 14.8. The van der Waals surface area contributed by atoms with Crippen molar-refractivity contribution in [3.63, 3.8) is 0 Å². The van der Waals surface area contributed by atoms with Crippen molar-refractivity contribution in [1.82, 2.24) is 0 Å². The highest BCUT2D eigenvalue weighted by molar-refractivity contribution is 6.30. The summed E-state index contributed by atoms with van der Waals surface area (Å²) in [4.78, 5) is 0. The largest absolute Gasteiger partial charge is 0.488 e. The van der Waals surface area contributed by atoms with E-state index in [-0.39, 0.29) is 12.4 Å². The van der Waals surface area contributed by atoms with E-state index < -0.39 is 0 Å². The molecule has 3 rings (SSSR count). The number of halogens is 2. The molecular weight excluding hydrogens is 293 g/mol. The number of oxime groups is 1. The van der Waals surface area contributed by atoms with E-state index in [1.165, 1.54) is 6.07 Å². The molecule has 5 heteroatoms. The summed E-state index contributed by atoms with van der Waals surface area (Å²) in [6, 6.07) is 10.1. The van der Waals surface area contributed by atoms with Gasteiger partial charge in [0.15, 0.2) is 0 Å². The lowest BCUT2D eigenvalue weighted by molar-refractivity contribution is 0.297. The smallest absolute Gasteiger partial charge is 0.131 e. The van der Waals surface area contributed by atoms with Gasteiger partial charge < -0.3 is 9.94 Å². The highest BCUT2D eigenvalue weighted by Crippen LogP contribution is 2.31.